The average molecular weight is 177 g/mol. The third kappa shape index (κ3) is 2.08. The van der Waals surface area contributed by atoms with Crippen molar-refractivity contribution in [2.24, 2.45) is 0 Å². The van der Waals surface area contributed by atoms with E-state index in [0.29, 0.717) is 0 Å². The van der Waals surface area contributed by atoms with Gasteiger partial charge in [-0.25, -0.2) is 0 Å². The van der Waals surface area contributed by atoms with E-state index >= 15 is 0 Å². The van der Waals surface area contributed by atoms with Gasteiger partial charge in [0.1, 0.15) is 0 Å². The number of fused-ring (bicyclic) bond motifs is 2. The van der Waals surface area contributed by atoms with Gasteiger partial charge in [0.2, 0.25) is 0 Å². The summed E-state index contributed by atoms with van der Waals surface area (Å²) < 4.78 is 0. The first kappa shape index (κ1) is 9.30. The van der Waals surface area contributed by atoms with Crippen molar-refractivity contribution in [3.05, 3.63) is 0 Å². The summed E-state index contributed by atoms with van der Waals surface area (Å²) in [5.74, 6) is 0. The van der Waals surface area contributed by atoms with Crippen molar-refractivity contribution in [1.82, 2.24) is 10.2 Å². The predicted octanol–water partition coefficient (Wildman–Crippen LogP) is 0.864. The fourth-order valence-electron chi connectivity index (χ4n) is 2.12. The molecule has 2 aliphatic rings. The monoisotopic (exact) mass is 176 g/mol. The first-order valence-electron chi connectivity index (χ1n) is 4.29. The largest absolute Gasteiger partial charge is 0.310 e. The Morgan fingerprint density at radius 2 is 1.91 bits per heavy atom. The minimum atomic E-state index is 0. The number of hydrogen-bond donors (Lipinski definition) is 1. The van der Waals surface area contributed by atoms with Gasteiger partial charge in [-0.1, -0.05) is 0 Å². The smallest absolute Gasteiger partial charge is 0.0198 e. The van der Waals surface area contributed by atoms with E-state index in [9.17, 15) is 0 Å². The van der Waals surface area contributed by atoms with Crippen LogP contribution in [0.1, 0.15) is 19.3 Å². The van der Waals surface area contributed by atoms with Crippen molar-refractivity contribution in [2.75, 3.05) is 20.1 Å². The maximum absolute atomic E-state index is 3.64. The normalized spacial score (nSPS) is 37.9. The van der Waals surface area contributed by atoms with Gasteiger partial charge >= 0.3 is 0 Å². The predicted molar refractivity (Wildman–Crippen MR) is 49.3 cm³/mol. The lowest BCUT2D eigenvalue weighted by molar-refractivity contribution is 0.313. The van der Waals surface area contributed by atoms with Gasteiger partial charge in [-0.05, 0) is 32.9 Å². The Balaban J connectivity index is 0.000000605. The second kappa shape index (κ2) is 3.74. The number of likely N-dealkylation sites (tertiary alicyclic amines) is 1. The molecule has 3 heteroatoms. The molecule has 0 aliphatic carbocycles. The first-order chi connectivity index (χ1) is 4.84. The summed E-state index contributed by atoms with van der Waals surface area (Å²) in [6.45, 7) is 2.55. The van der Waals surface area contributed by atoms with Crippen molar-refractivity contribution in [1.29, 1.82) is 0 Å². The lowest BCUT2D eigenvalue weighted by atomic mass is 10.1. The van der Waals surface area contributed by atoms with Crippen LogP contribution in [0.5, 0.6) is 0 Å². The molecule has 0 aromatic heterocycles. The molecule has 1 unspecified atom stereocenters. The fourth-order valence-corrected chi connectivity index (χ4v) is 2.12. The summed E-state index contributed by atoms with van der Waals surface area (Å²) in [6, 6.07) is 1.65. The highest BCUT2D eigenvalue weighted by Crippen LogP contribution is 2.18. The molecule has 2 fully saturated rings. The van der Waals surface area contributed by atoms with Crippen LogP contribution in [0.25, 0.3) is 0 Å². The molecule has 11 heavy (non-hydrogen) atoms. The summed E-state index contributed by atoms with van der Waals surface area (Å²) in [5, 5.41) is 3.64. The number of likely N-dealkylation sites (N-methyl/N-ethyl adjacent to an activating group) is 1. The zero-order valence-corrected chi connectivity index (χ0v) is 7.86. The van der Waals surface area contributed by atoms with Gasteiger partial charge in [0, 0.05) is 18.6 Å². The highest BCUT2D eigenvalue weighted by Gasteiger charge is 2.27. The van der Waals surface area contributed by atoms with Gasteiger partial charge in [-0.3, -0.25) is 0 Å². The molecule has 2 nitrogen and oxygen atoms in total. The van der Waals surface area contributed by atoms with E-state index in [1.54, 1.807) is 0 Å². The summed E-state index contributed by atoms with van der Waals surface area (Å²) in [7, 11) is 2.22. The van der Waals surface area contributed by atoms with Gasteiger partial charge in [0.25, 0.3) is 0 Å². The van der Waals surface area contributed by atoms with Gasteiger partial charge in [0.05, 0.1) is 0 Å². The fraction of sp³-hybridized carbons (Fsp3) is 1.00. The van der Waals surface area contributed by atoms with Gasteiger partial charge in [-0.2, -0.15) is 0 Å². The Morgan fingerprint density at radius 1 is 1.18 bits per heavy atom. The zero-order chi connectivity index (χ0) is 6.97. The quantitative estimate of drug-likeness (QED) is 0.589. The molecular formula is C8H17ClN2. The van der Waals surface area contributed by atoms with Crippen molar-refractivity contribution in [2.45, 2.75) is 31.3 Å². The Hall–Kier alpha value is 0.210. The van der Waals surface area contributed by atoms with Crippen molar-refractivity contribution < 1.29 is 0 Å². The van der Waals surface area contributed by atoms with Gasteiger partial charge in [0.15, 0.2) is 0 Å². The summed E-state index contributed by atoms with van der Waals surface area (Å²) >= 11 is 0. The lowest BCUT2D eigenvalue weighted by Gasteiger charge is -2.17. The molecule has 0 saturated carbocycles. The maximum atomic E-state index is 3.64. The van der Waals surface area contributed by atoms with Crippen LogP contribution < -0.4 is 5.32 Å². The minimum Gasteiger partial charge on any atom is -0.310 e. The van der Waals surface area contributed by atoms with Gasteiger partial charge in [-0.15, -0.1) is 12.4 Å². The SMILES string of the molecule is CN1CCC2CC[C@H](C1)N2.Cl. The van der Waals surface area contributed by atoms with Crippen LogP contribution in [-0.4, -0.2) is 37.1 Å². The molecule has 2 rings (SSSR count). The Bertz CT molecular complexity index is 129. The van der Waals surface area contributed by atoms with Crippen molar-refractivity contribution in [3.63, 3.8) is 0 Å². The van der Waals surface area contributed by atoms with Crippen LogP contribution in [0.4, 0.5) is 0 Å². The summed E-state index contributed by atoms with van der Waals surface area (Å²) in [6.07, 6.45) is 4.17. The molecule has 2 aliphatic heterocycles. The molecule has 2 atom stereocenters. The van der Waals surface area contributed by atoms with Crippen LogP contribution in [0.3, 0.4) is 0 Å². The molecule has 0 aromatic rings. The Labute approximate surface area is 74.7 Å². The topological polar surface area (TPSA) is 15.3 Å². The van der Waals surface area contributed by atoms with E-state index in [-0.39, 0.29) is 12.4 Å². The van der Waals surface area contributed by atoms with Crippen LogP contribution >= 0.6 is 12.4 Å². The molecule has 2 bridgehead atoms. The van der Waals surface area contributed by atoms with Crippen molar-refractivity contribution >= 4 is 12.4 Å². The number of halogens is 1. The van der Waals surface area contributed by atoms with E-state index in [1.165, 1.54) is 32.4 Å². The molecule has 0 spiro atoms. The van der Waals surface area contributed by atoms with E-state index in [4.69, 9.17) is 0 Å². The first-order valence-corrected chi connectivity index (χ1v) is 4.29. The molecular weight excluding hydrogens is 160 g/mol. The summed E-state index contributed by atoms with van der Waals surface area (Å²) in [5.41, 5.74) is 0. The molecule has 66 valence electrons. The third-order valence-corrected chi connectivity index (χ3v) is 2.73. The van der Waals surface area contributed by atoms with E-state index in [1.807, 2.05) is 0 Å². The second-order valence-electron chi connectivity index (χ2n) is 3.69. The highest BCUT2D eigenvalue weighted by molar-refractivity contribution is 5.85. The number of nitrogens with one attached hydrogen (secondary N) is 1. The van der Waals surface area contributed by atoms with E-state index in [0.717, 1.165) is 12.1 Å². The number of nitrogens with zero attached hydrogens (tertiary/aromatic N) is 1. The van der Waals surface area contributed by atoms with Crippen LogP contribution in [-0.2, 0) is 0 Å². The van der Waals surface area contributed by atoms with Crippen molar-refractivity contribution in [3.8, 4) is 0 Å². The standard InChI is InChI=1S/C8H16N2.ClH/c1-10-5-4-7-2-3-8(6-10)9-7;/h7-9H,2-6H2,1H3;1H/t7?,8-;/m1./s1. The third-order valence-electron chi connectivity index (χ3n) is 2.73. The van der Waals surface area contributed by atoms with Crippen LogP contribution in [0, 0.1) is 0 Å². The molecule has 0 radical (unpaired) electrons. The molecule has 0 aromatic carbocycles. The zero-order valence-electron chi connectivity index (χ0n) is 7.05. The van der Waals surface area contributed by atoms with Crippen LogP contribution in [0.15, 0.2) is 0 Å². The highest BCUT2D eigenvalue weighted by atomic mass is 35.5. The Kier molecular flexibility index (Phi) is 3.16. The van der Waals surface area contributed by atoms with E-state index in [2.05, 4.69) is 17.3 Å². The van der Waals surface area contributed by atoms with E-state index < -0.39 is 0 Å². The average Bonchev–Trinajstić information content (AvgIpc) is 2.22. The minimum absolute atomic E-state index is 0. The molecule has 2 heterocycles. The van der Waals surface area contributed by atoms with Gasteiger partial charge < -0.3 is 10.2 Å². The number of hydrogen-bond acceptors (Lipinski definition) is 2. The number of rotatable bonds is 0. The molecule has 2 saturated heterocycles. The second-order valence-corrected chi connectivity index (χ2v) is 3.69. The summed E-state index contributed by atoms with van der Waals surface area (Å²) in [4.78, 5) is 2.44. The Morgan fingerprint density at radius 3 is 2.73 bits per heavy atom. The molecule has 0 amide bonds. The molecule has 1 N–H and O–H groups in total. The van der Waals surface area contributed by atoms with Crippen LogP contribution in [0.2, 0.25) is 0 Å². The lowest BCUT2D eigenvalue weighted by Crippen LogP contribution is -2.33. The maximum Gasteiger partial charge on any atom is 0.0198 e.